The average Bonchev–Trinajstić information content (AvgIpc) is 2.81. The Morgan fingerprint density at radius 1 is 0.400 bits per heavy atom. The molecule has 0 heterocycles. The molecule has 0 atom stereocenters. The molecule has 0 aliphatic carbocycles. The van der Waals surface area contributed by atoms with Crippen molar-refractivity contribution in [3.63, 3.8) is 0 Å². The van der Waals surface area contributed by atoms with E-state index in [4.69, 9.17) is 23.2 Å². The minimum Gasteiger partial charge on any atom is -0.0843 e. The molecule has 0 saturated carbocycles. The summed E-state index contributed by atoms with van der Waals surface area (Å²) in [6, 6.07) is 37.1. The highest BCUT2D eigenvalue weighted by molar-refractivity contribution is 6.30. The van der Waals surface area contributed by atoms with Crippen molar-refractivity contribution in [3.8, 4) is 0 Å². The van der Waals surface area contributed by atoms with Crippen molar-refractivity contribution in [2.75, 3.05) is 0 Å². The third-order valence-electron chi connectivity index (χ3n) is 5.34. The van der Waals surface area contributed by atoms with Gasteiger partial charge in [-0.05, 0) is 46.5 Å². The van der Waals surface area contributed by atoms with Gasteiger partial charge in [-0.15, -0.1) is 0 Å². The predicted molar refractivity (Wildman–Crippen MR) is 131 cm³/mol. The van der Waals surface area contributed by atoms with E-state index < -0.39 is 0 Å². The van der Waals surface area contributed by atoms with Crippen molar-refractivity contribution < 1.29 is 0 Å². The first-order chi connectivity index (χ1) is 14.5. The monoisotopic (exact) mass is 432 g/mol. The lowest BCUT2D eigenvalue weighted by molar-refractivity contribution is 0.922. The Morgan fingerprint density at radius 3 is 0.967 bits per heavy atom. The molecule has 4 aromatic rings. The number of hydrogen-bond acceptors (Lipinski definition) is 0. The van der Waals surface area contributed by atoms with E-state index in [2.05, 4.69) is 98.8 Å². The smallest absolute Gasteiger partial charge is 0.0406 e. The zero-order valence-electron chi connectivity index (χ0n) is 17.3. The molecular weight excluding hydrogens is 407 g/mol. The highest BCUT2D eigenvalue weighted by atomic mass is 35.5. The predicted octanol–water partition coefficient (Wildman–Crippen LogP) is 8.98. The number of rotatable bonds is 4. The molecule has 152 valence electrons. The van der Waals surface area contributed by atoms with Crippen molar-refractivity contribution in [3.05, 3.63) is 141 Å². The van der Waals surface area contributed by atoms with Crippen molar-refractivity contribution in [1.29, 1.82) is 0 Å². The Bertz CT molecular complexity index is 923. The zero-order valence-corrected chi connectivity index (χ0v) is 18.8. The van der Waals surface area contributed by atoms with E-state index in [1.54, 1.807) is 0 Å². The SMILES string of the molecule is CC(c1ccc(Cl)cc1)c1ccc(Cl)cc1.CC(c1ccccc1)c1ccccc1. The highest BCUT2D eigenvalue weighted by Gasteiger charge is 2.08. The fraction of sp³-hybridized carbons (Fsp3) is 0.143. The molecule has 0 N–H and O–H groups in total. The number of benzene rings is 4. The molecule has 0 radical (unpaired) electrons. The zero-order chi connectivity index (χ0) is 21.3. The van der Waals surface area contributed by atoms with Crippen LogP contribution in [0.15, 0.2) is 109 Å². The molecule has 0 aliphatic heterocycles. The highest BCUT2D eigenvalue weighted by Crippen LogP contribution is 2.26. The van der Waals surface area contributed by atoms with Gasteiger partial charge in [-0.2, -0.15) is 0 Å². The first kappa shape index (κ1) is 22.2. The average molecular weight is 433 g/mol. The summed E-state index contributed by atoms with van der Waals surface area (Å²) in [4.78, 5) is 0. The normalized spacial score (nSPS) is 10.6. The van der Waals surface area contributed by atoms with Gasteiger partial charge in [-0.1, -0.05) is 122 Å². The van der Waals surface area contributed by atoms with Gasteiger partial charge in [0.15, 0.2) is 0 Å². The van der Waals surface area contributed by atoms with Gasteiger partial charge in [0, 0.05) is 21.9 Å². The van der Waals surface area contributed by atoms with Crippen LogP contribution in [0.4, 0.5) is 0 Å². The van der Waals surface area contributed by atoms with Gasteiger partial charge in [0.05, 0.1) is 0 Å². The molecule has 0 unspecified atom stereocenters. The Labute approximate surface area is 190 Å². The van der Waals surface area contributed by atoms with E-state index in [1.165, 1.54) is 22.3 Å². The molecule has 0 amide bonds. The van der Waals surface area contributed by atoms with Crippen LogP contribution in [0.1, 0.15) is 47.9 Å². The largest absolute Gasteiger partial charge is 0.0843 e. The first-order valence-corrected chi connectivity index (χ1v) is 10.9. The minimum absolute atomic E-state index is 0.356. The lowest BCUT2D eigenvalue weighted by atomic mass is 9.93. The van der Waals surface area contributed by atoms with Crippen LogP contribution in [0.3, 0.4) is 0 Å². The summed E-state index contributed by atoms with van der Waals surface area (Å²) < 4.78 is 0. The fourth-order valence-corrected chi connectivity index (χ4v) is 3.62. The van der Waals surface area contributed by atoms with E-state index in [9.17, 15) is 0 Å². The topological polar surface area (TPSA) is 0 Å². The van der Waals surface area contributed by atoms with Crippen molar-refractivity contribution in [1.82, 2.24) is 0 Å². The fourth-order valence-electron chi connectivity index (χ4n) is 3.37. The lowest BCUT2D eigenvalue weighted by Gasteiger charge is -2.12. The molecule has 0 nitrogen and oxygen atoms in total. The molecular formula is C28H26Cl2. The van der Waals surface area contributed by atoms with Crippen LogP contribution in [-0.2, 0) is 0 Å². The Balaban J connectivity index is 0.000000172. The summed E-state index contributed by atoms with van der Waals surface area (Å²) in [6.07, 6.45) is 0. The summed E-state index contributed by atoms with van der Waals surface area (Å²) in [5.74, 6) is 0.840. The molecule has 30 heavy (non-hydrogen) atoms. The lowest BCUT2D eigenvalue weighted by Crippen LogP contribution is -1.95. The van der Waals surface area contributed by atoms with Crippen LogP contribution in [0.5, 0.6) is 0 Å². The van der Waals surface area contributed by atoms with E-state index in [0.29, 0.717) is 11.8 Å². The van der Waals surface area contributed by atoms with Gasteiger partial charge in [-0.25, -0.2) is 0 Å². The van der Waals surface area contributed by atoms with Gasteiger partial charge in [-0.3, -0.25) is 0 Å². The van der Waals surface area contributed by atoms with Crippen LogP contribution >= 0.6 is 23.2 Å². The second kappa shape index (κ2) is 11.0. The molecule has 0 aromatic heterocycles. The van der Waals surface area contributed by atoms with Gasteiger partial charge >= 0.3 is 0 Å². The first-order valence-electron chi connectivity index (χ1n) is 10.2. The van der Waals surface area contributed by atoms with E-state index in [-0.39, 0.29) is 0 Å². The van der Waals surface area contributed by atoms with E-state index in [0.717, 1.165) is 10.0 Å². The van der Waals surface area contributed by atoms with E-state index in [1.807, 2.05) is 24.3 Å². The van der Waals surface area contributed by atoms with Crippen LogP contribution in [0.25, 0.3) is 0 Å². The van der Waals surface area contributed by atoms with Crippen molar-refractivity contribution in [2.24, 2.45) is 0 Å². The number of halogens is 2. The van der Waals surface area contributed by atoms with Crippen LogP contribution < -0.4 is 0 Å². The molecule has 4 rings (SSSR count). The molecule has 0 aliphatic rings. The Hall–Kier alpha value is -2.54. The van der Waals surface area contributed by atoms with Gasteiger partial charge < -0.3 is 0 Å². The summed E-state index contributed by atoms with van der Waals surface area (Å²) in [6.45, 7) is 4.41. The molecule has 4 aromatic carbocycles. The molecule has 0 spiro atoms. The van der Waals surface area contributed by atoms with Crippen molar-refractivity contribution >= 4 is 23.2 Å². The van der Waals surface area contributed by atoms with Crippen LogP contribution in [0, 0.1) is 0 Å². The Morgan fingerprint density at radius 2 is 0.667 bits per heavy atom. The van der Waals surface area contributed by atoms with Gasteiger partial charge in [0.2, 0.25) is 0 Å². The maximum atomic E-state index is 5.87. The van der Waals surface area contributed by atoms with E-state index >= 15 is 0 Å². The molecule has 0 fully saturated rings. The summed E-state index contributed by atoms with van der Waals surface area (Å²) in [5, 5.41) is 1.54. The summed E-state index contributed by atoms with van der Waals surface area (Å²) in [5.41, 5.74) is 5.26. The third kappa shape index (κ3) is 6.23. The number of hydrogen-bond donors (Lipinski definition) is 0. The summed E-state index contributed by atoms with van der Waals surface area (Å²) >= 11 is 11.7. The summed E-state index contributed by atoms with van der Waals surface area (Å²) in [7, 11) is 0. The molecule has 0 bridgehead atoms. The van der Waals surface area contributed by atoms with Crippen molar-refractivity contribution in [2.45, 2.75) is 25.7 Å². The Kier molecular flexibility index (Phi) is 8.13. The second-order valence-electron chi connectivity index (χ2n) is 7.37. The molecule has 2 heteroatoms. The van der Waals surface area contributed by atoms with Crippen LogP contribution in [0.2, 0.25) is 10.0 Å². The maximum Gasteiger partial charge on any atom is 0.0406 e. The van der Waals surface area contributed by atoms with Gasteiger partial charge in [0.25, 0.3) is 0 Å². The third-order valence-corrected chi connectivity index (χ3v) is 5.84. The van der Waals surface area contributed by atoms with Crippen LogP contribution in [-0.4, -0.2) is 0 Å². The second-order valence-corrected chi connectivity index (χ2v) is 8.24. The maximum absolute atomic E-state index is 5.87. The molecule has 0 saturated heterocycles. The minimum atomic E-state index is 0.356. The van der Waals surface area contributed by atoms with Gasteiger partial charge in [0.1, 0.15) is 0 Å². The quantitative estimate of drug-likeness (QED) is 0.301. The standard InChI is InChI=1S/C14H12Cl2.C14H14/c1-10(11-2-6-13(15)7-3-11)12-4-8-14(16)9-5-12;1-12(13-8-4-2-5-9-13)14-10-6-3-7-11-14/h2-10H,1H3;2-12H,1H3.